The summed E-state index contributed by atoms with van der Waals surface area (Å²) in [5.74, 6) is -4.42. The highest BCUT2D eigenvalue weighted by atomic mass is 16.4. The molecule has 37 heavy (non-hydrogen) atoms. The van der Waals surface area contributed by atoms with Gasteiger partial charge in [0.1, 0.15) is 6.23 Å². The van der Waals surface area contributed by atoms with E-state index in [1.165, 1.54) is 0 Å². The second-order valence-corrected chi connectivity index (χ2v) is 8.95. The van der Waals surface area contributed by atoms with Crippen molar-refractivity contribution in [1.29, 1.82) is 0 Å². The third-order valence-electron chi connectivity index (χ3n) is 5.84. The number of carboxylic acid groups (broad SMARTS) is 4. The van der Waals surface area contributed by atoms with Crippen LogP contribution < -0.4 is 0 Å². The summed E-state index contributed by atoms with van der Waals surface area (Å²) in [5.41, 5.74) is 0. The van der Waals surface area contributed by atoms with E-state index in [4.69, 9.17) is 5.11 Å². The van der Waals surface area contributed by atoms with Gasteiger partial charge in [-0.15, -0.1) is 0 Å². The van der Waals surface area contributed by atoms with Gasteiger partial charge in [0.05, 0.1) is 38.9 Å². The van der Waals surface area contributed by atoms with Crippen molar-refractivity contribution >= 4 is 23.9 Å². The number of aliphatic hydroxyl groups is 3. The van der Waals surface area contributed by atoms with Gasteiger partial charge in [0.2, 0.25) is 0 Å². The van der Waals surface area contributed by atoms with E-state index < -0.39 is 49.4 Å². The first-order valence-corrected chi connectivity index (χ1v) is 11.9. The van der Waals surface area contributed by atoms with Crippen molar-refractivity contribution in [2.45, 2.75) is 12.3 Å². The molecule has 1 aliphatic heterocycles. The molecule has 0 bridgehead atoms. The van der Waals surface area contributed by atoms with Crippen molar-refractivity contribution in [3.05, 3.63) is 0 Å². The van der Waals surface area contributed by atoms with E-state index in [1.807, 2.05) is 0 Å². The monoisotopic (exact) mass is 537 g/mol. The van der Waals surface area contributed by atoms with Crippen LogP contribution >= 0.6 is 0 Å². The van der Waals surface area contributed by atoms with E-state index in [2.05, 4.69) is 0 Å². The molecule has 1 rings (SSSR count). The number of aliphatic carboxylic acids is 4. The molecule has 1 fully saturated rings. The molecule has 16 heteroatoms. The average Bonchev–Trinajstić information content (AvgIpc) is 2.78. The molecule has 16 nitrogen and oxygen atoms in total. The number of aliphatic hydroxyl groups excluding tert-OH is 3. The van der Waals surface area contributed by atoms with Crippen LogP contribution in [0.4, 0.5) is 0 Å². The Morgan fingerprint density at radius 1 is 0.622 bits per heavy atom. The van der Waals surface area contributed by atoms with Crippen molar-refractivity contribution in [1.82, 2.24) is 24.5 Å². The first-order chi connectivity index (χ1) is 17.4. The van der Waals surface area contributed by atoms with E-state index in [0.29, 0.717) is 0 Å². The maximum absolute atomic E-state index is 11.3. The van der Waals surface area contributed by atoms with E-state index in [-0.39, 0.29) is 85.1 Å². The molecule has 2 unspecified atom stereocenters. The largest absolute Gasteiger partial charge is 0.480 e. The van der Waals surface area contributed by atoms with Gasteiger partial charge in [-0.2, -0.15) is 0 Å². The summed E-state index contributed by atoms with van der Waals surface area (Å²) in [6.07, 6.45) is -2.62. The van der Waals surface area contributed by atoms with Crippen LogP contribution in [-0.2, 0) is 19.2 Å². The van der Waals surface area contributed by atoms with Crippen LogP contribution in [-0.4, -0.2) is 195 Å². The molecule has 0 saturated carbocycles. The van der Waals surface area contributed by atoms with Crippen LogP contribution in [0.5, 0.6) is 0 Å². The molecule has 0 aromatic heterocycles. The molecule has 2 atom stereocenters. The van der Waals surface area contributed by atoms with E-state index in [9.17, 15) is 49.8 Å². The highest BCUT2D eigenvalue weighted by Crippen LogP contribution is 2.05. The minimum Gasteiger partial charge on any atom is -0.480 e. The number of β-amino-alcohol motifs (C(OH)–C–C–N with tert-alkyl or cyclic N) is 1. The van der Waals surface area contributed by atoms with Crippen LogP contribution in [0.2, 0.25) is 0 Å². The molecule has 0 amide bonds. The lowest BCUT2D eigenvalue weighted by Gasteiger charge is -2.34. The number of hydrogen-bond donors (Lipinski definition) is 7. The van der Waals surface area contributed by atoms with Crippen LogP contribution in [0.15, 0.2) is 0 Å². The lowest BCUT2D eigenvalue weighted by Crippen LogP contribution is -2.51. The maximum atomic E-state index is 11.3. The highest BCUT2D eigenvalue weighted by Gasteiger charge is 2.24. The molecule has 0 spiro atoms. The molecular weight excluding hydrogens is 498 g/mol. The first-order valence-electron chi connectivity index (χ1n) is 11.9. The smallest absolute Gasteiger partial charge is 0.317 e. The van der Waals surface area contributed by atoms with E-state index in [0.717, 1.165) is 4.90 Å². The number of carbonyl (C=O) groups is 4. The summed E-state index contributed by atoms with van der Waals surface area (Å²) in [7, 11) is 0. The van der Waals surface area contributed by atoms with Crippen molar-refractivity contribution in [2.24, 2.45) is 0 Å². The van der Waals surface area contributed by atoms with Gasteiger partial charge in [-0.25, -0.2) is 0 Å². The Labute approximate surface area is 214 Å². The third-order valence-corrected chi connectivity index (χ3v) is 5.84. The zero-order chi connectivity index (χ0) is 28.0. The van der Waals surface area contributed by atoms with Gasteiger partial charge in [0, 0.05) is 65.4 Å². The molecule has 1 saturated heterocycles. The molecule has 0 aliphatic carbocycles. The van der Waals surface area contributed by atoms with Crippen LogP contribution in [0.25, 0.3) is 0 Å². The van der Waals surface area contributed by atoms with Crippen molar-refractivity contribution in [3.8, 4) is 0 Å². The standard InChI is InChI=1S/C21H39N5O11/c27-15-17(29)26(14-21(36)37)10-16(28)9-22-1-3-23(11-18(30)31)5-7-25(13-20(34)35)8-6-24(4-2-22)12-19(32)33/h16-17,27-29H,1-15H2,(H,30,31)(H,32,33)(H,34,35)(H,36,37). The summed E-state index contributed by atoms with van der Waals surface area (Å²) in [5, 5.41) is 66.5. The minimum absolute atomic E-state index is 0.0151. The van der Waals surface area contributed by atoms with Crippen LogP contribution in [0, 0.1) is 0 Å². The molecule has 7 N–H and O–H groups in total. The van der Waals surface area contributed by atoms with Gasteiger partial charge in [-0.05, 0) is 0 Å². The summed E-state index contributed by atoms with van der Waals surface area (Å²) >= 11 is 0. The second kappa shape index (κ2) is 17.1. The number of rotatable bonds is 14. The van der Waals surface area contributed by atoms with Gasteiger partial charge in [-0.1, -0.05) is 0 Å². The zero-order valence-electron chi connectivity index (χ0n) is 20.8. The predicted molar refractivity (Wildman–Crippen MR) is 127 cm³/mol. The van der Waals surface area contributed by atoms with Gasteiger partial charge in [0.25, 0.3) is 0 Å². The number of carboxylic acids is 4. The Kier molecular flexibility index (Phi) is 15.1. The van der Waals surface area contributed by atoms with Crippen molar-refractivity contribution in [2.75, 3.05) is 98.2 Å². The Hall–Kier alpha value is -2.44. The summed E-state index contributed by atoms with van der Waals surface area (Å²) in [4.78, 5) is 52.7. The maximum Gasteiger partial charge on any atom is 0.317 e. The quantitative estimate of drug-likeness (QED) is 0.104. The zero-order valence-corrected chi connectivity index (χ0v) is 20.8. The Balaban J connectivity index is 3.00. The lowest BCUT2D eigenvalue weighted by atomic mass is 10.2. The van der Waals surface area contributed by atoms with Gasteiger partial charge >= 0.3 is 23.9 Å². The minimum atomic E-state index is -1.48. The molecule has 214 valence electrons. The normalized spacial score (nSPS) is 19.6. The van der Waals surface area contributed by atoms with Crippen LogP contribution in [0.1, 0.15) is 0 Å². The Bertz CT molecular complexity index is 712. The first kappa shape index (κ1) is 32.6. The molecule has 1 aliphatic rings. The highest BCUT2D eigenvalue weighted by molar-refractivity contribution is 5.70. The van der Waals surface area contributed by atoms with Crippen LogP contribution in [0.3, 0.4) is 0 Å². The Morgan fingerprint density at radius 2 is 0.973 bits per heavy atom. The van der Waals surface area contributed by atoms with E-state index in [1.54, 1.807) is 19.6 Å². The fraction of sp³-hybridized carbons (Fsp3) is 0.810. The average molecular weight is 538 g/mol. The summed E-state index contributed by atoms with van der Waals surface area (Å²) in [6, 6.07) is 0. The summed E-state index contributed by atoms with van der Waals surface area (Å²) < 4.78 is 0. The SMILES string of the molecule is O=C(O)CN1CCN(CC(=O)O)CCN(CC(O)CN(CC(=O)O)C(O)CO)CCN(CC(=O)O)CC1. The second-order valence-electron chi connectivity index (χ2n) is 8.95. The Morgan fingerprint density at radius 3 is 1.27 bits per heavy atom. The van der Waals surface area contributed by atoms with Gasteiger partial charge in [0.15, 0.2) is 0 Å². The van der Waals surface area contributed by atoms with E-state index >= 15 is 0 Å². The molecular formula is C21H39N5O11. The lowest BCUT2D eigenvalue weighted by molar-refractivity contribution is -0.144. The number of nitrogens with zero attached hydrogens (tertiary/aromatic N) is 5. The van der Waals surface area contributed by atoms with Crippen molar-refractivity contribution in [3.63, 3.8) is 0 Å². The van der Waals surface area contributed by atoms with Gasteiger partial charge in [-0.3, -0.25) is 43.7 Å². The number of hydrogen-bond acceptors (Lipinski definition) is 12. The van der Waals surface area contributed by atoms with Crippen molar-refractivity contribution < 1.29 is 54.9 Å². The predicted octanol–water partition coefficient (Wildman–Crippen LogP) is -4.48. The summed E-state index contributed by atoms with van der Waals surface area (Å²) in [6.45, 7) is -0.297. The third kappa shape index (κ3) is 14.8. The molecule has 1 heterocycles. The fourth-order valence-electron chi connectivity index (χ4n) is 4.02. The molecule has 0 aromatic rings. The molecule has 0 aromatic carbocycles. The fourth-order valence-corrected chi connectivity index (χ4v) is 4.02. The van der Waals surface area contributed by atoms with Gasteiger partial charge < -0.3 is 35.7 Å². The molecule has 0 radical (unpaired) electrons. The topological polar surface area (TPSA) is 226 Å².